The highest BCUT2D eigenvalue weighted by molar-refractivity contribution is 6.10. The molecule has 240 valence electrons. The van der Waals surface area contributed by atoms with E-state index in [1.165, 1.54) is 60.7 Å². The van der Waals surface area contributed by atoms with E-state index in [0.29, 0.717) is 0 Å². The molecule has 0 radical (unpaired) electrons. The van der Waals surface area contributed by atoms with E-state index >= 15 is 0 Å². The summed E-state index contributed by atoms with van der Waals surface area (Å²) in [4.78, 5) is 4.84. The summed E-state index contributed by atoms with van der Waals surface area (Å²) in [5.41, 5.74) is 13.3. The molecule has 0 bridgehead atoms. The second kappa shape index (κ2) is 11.8. The molecular weight excluding hydrogens is 605 g/mol. The first-order valence-corrected chi connectivity index (χ1v) is 17.4. The fraction of sp³-hybridized carbons (Fsp3) is 0.0833. The van der Waals surface area contributed by atoms with Gasteiger partial charge in [0.05, 0.1) is 11.4 Å². The molecule has 0 aliphatic heterocycles. The molecule has 8 aromatic rings. The van der Waals surface area contributed by atoms with E-state index in [9.17, 15) is 0 Å². The van der Waals surface area contributed by atoms with Crippen molar-refractivity contribution in [3.63, 3.8) is 0 Å². The van der Waals surface area contributed by atoms with Gasteiger partial charge in [0, 0.05) is 38.9 Å². The van der Waals surface area contributed by atoms with Crippen LogP contribution < -0.4 is 9.80 Å². The second-order valence-corrected chi connectivity index (χ2v) is 13.9. The van der Waals surface area contributed by atoms with Gasteiger partial charge in [-0.1, -0.05) is 135 Å². The van der Waals surface area contributed by atoms with Gasteiger partial charge in [-0.15, -0.1) is 0 Å². The molecule has 8 aromatic carbocycles. The Bertz CT molecular complexity index is 2470. The summed E-state index contributed by atoms with van der Waals surface area (Å²) in [7, 11) is 0. The van der Waals surface area contributed by atoms with E-state index in [2.05, 4.69) is 206 Å². The molecule has 0 heterocycles. The smallest absolute Gasteiger partial charge is 0.0543 e. The molecule has 0 saturated carbocycles. The quantitative estimate of drug-likeness (QED) is 0.178. The third-order valence-corrected chi connectivity index (χ3v) is 10.5. The summed E-state index contributed by atoms with van der Waals surface area (Å²) in [6.45, 7) is 6.93. The number of benzene rings is 8. The minimum absolute atomic E-state index is 0.240. The molecule has 50 heavy (non-hydrogen) atoms. The Morgan fingerprint density at radius 3 is 1.64 bits per heavy atom. The van der Waals surface area contributed by atoms with Crippen molar-refractivity contribution in [3.8, 4) is 11.1 Å². The Kier molecular flexibility index (Phi) is 7.07. The monoisotopic (exact) mass is 642 g/mol. The minimum Gasteiger partial charge on any atom is -0.310 e. The number of anilines is 6. The van der Waals surface area contributed by atoms with Crippen LogP contribution in [0.25, 0.3) is 32.7 Å². The maximum Gasteiger partial charge on any atom is 0.0543 e. The van der Waals surface area contributed by atoms with Gasteiger partial charge < -0.3 is 9.80 Å². The zero-order chi connectivity index (χ0) is 33.8. The number of rotatable bonds is 6. The number of nitrogens with zero attached hydrogens (tertiary/aromatic N) is 2. The highest BCUT2D eigenvalue weighted by Gasteiger charge is 2.38. The molecular formula is C48H38N2. The van der Waals surface area contributed by atoms with Gasteiger partial charge in [0.2, 0.25) is 0 Å². The van der Waals surface area contributed by atoms with Crippen molar-refractivity contribution in [1.82, 2.24) is 0 Å². The number of hydrogen-bond acceptors (Lipinski definition) is 2. The molecule has 0 atom stereocenters. The summed E-state index contributed by atoms with van der Waals surface area (Å²) in [6.07, 6.45) is 0. The number of aryl methyl sites for hydroxylation is 1. The summed E-state index contributed by atoms with van der Waals surface area (Å²) >= 11 is 0. The first-order valence-electron chi connectivity index (χ1n) is 17.4. The lowest BCUT2D eigenvalue weighted by Gasteiger charge is -2.30. The summed E-state index contributed by atoms with van der Waals surface area (Å²) in [5, 5.41) is 4.98. The van der Waals surface area contributed by atoms with Crippen LogP contribution in [-0.2, 0) is 5.41 Å². The fourth-order valence-electron chi connectivity index (χ4n) is 7.98. The Morgan fingerprint density at radius 2 is 0.940 bits per heavy atom. The molecule has 2 heteroatoms. The van der Waals surface area contributed by atoms with Crippen LogP contribution >= 0.6 is 0 Å². The van der Waals surface area contributed by atoms with Crippen LogP contribution in [-0.4, -0.2) is 0 Å². The normalized spacial score (nSPS) is 12.9. The van der Waals surface area contributed by atoms with E-state index in [0.717, 1.165) is 22.7 Å². The maximum absolute atomic E-state index is 2.46. The van der Waals surface area contributed by atoms with E-state index in [-0.39, 0.29) is 5.41 Å². The Labute approximate surface area is 294 Å². The van der Waals surface area contributed by atoms with Crippen molar-refractivity contribution in [2.45, 2.75) is 26.2 Å². The van der Waals surface area contributed by atoms with Crippen molar-refractivity contribution < 1.29 is 0 Å². The van der Waals surface area contributed by atoms with E-state index in [1.54, 1.807) is 0 Å². The second-order valence-electron chi connectivity index (χ2n) is 13.9. The highest BCUT2D eigenvalue weighted by Crippen LogP contribution is 2.55. The predicted molar refractivity (Wildman–Crippen MR) is 213 cm³/mol. The van der Waals surface area contributed by atoms with Gasteiger partial charge in [0.15, 0.2) is 0 Å². The number of para-hydroxylation sites is 2. The van der Waals surface area contributed by atoms with Crippen LogP contribution in [0.3, 0.4) is 0 Å². The molecule has 0 amide bonds. The zero-order valence-electron chi connectivity index (χ0n) is 28.6. The standard InChI is InChI=1S/C48H38N2/c1-33-25-27-37(28-26-33)50(45-24-14-16-34-15-10-11-21-39(34)45)38-29-30-42-43(31-38)48(2,3)44-32-46(40-22-12-13-23-41(40)47(42)44)49(35-17-6-4-7-18-35)36-19-8-5-9-20-36/h4-32H,1-3H3. The van der Waals surface area contributed by atoms with Crippen LogP contribution in [0.15, 0.2) is 176 Å². The molecule has 1 aliphatic rings. The van der Waals surface area contributed by atoms with Gasteiger partial charge >= 0.3 is 0 Å². The highest BCUT2D eigenvalue weighted by atomic mass is 15.1. The third-order valence-electron chi connectivity index (χ3n) is 10.5. The Balaban J connectivity index is 1.26. The van der Waals surface area contributed by atoms with Crippen LogP contribution in [0.2, 0.25) is 0 Å². The van der Waals surface area contributed by atoms with Crippen LogP contribution in [0.5, 0.6) is 0 Å². The average Bonchev–Trinajstić information content (AvgIpc) is 3.39. The number of hydrogen-bond donors (Lipinski definition) is 0. The van der Waals surface area contributed by atoms with Gasteiger partial charge in [-0.25, -0.2) is 0 Å². The molecule has 0 spiro atoms. The van der Waals surface area contributed by atoms with E-state index in [4.69, 9.17) is 0 Å². The van der Waals surface area contributed by atoms with Gasteiger partial charge in [0.1, 0.15) is 0 Å². The number of fused-ring (bicyclic) bond motifs is 6. The topological polar surface area (TPSA) is 6.48 Å². The van der Waals surface area contributed by atoms with Gasteiger partial charge in [-0.2, -0.15) is 0 Å². The van der Waals surface area contributed by atoms with Gasteiger partial charge in [-0.3, -0.25) is 0 Å². The van der Waals surface area contributed by atoms with Crippen molar-refractivity contribution in [3.05, 3.63) is 193 Å². The van der Waals surface area contributed by atoms with Gasteiger partial charge in [-0.05, 0) is 101 Å². The van der Waals surface area contributed by atoms with Crippen molar-refractivity contribution in [2.24, 2.45) is 0 Å². The fourth-order valence-corrected chi connectivity index (χ4v) is 7.98. The largest absolute Gasteiger partial charge is 0.310 e. The first-order chi connectivity index (χ1) is 24.5. The zero-order valence-corrected chi connectivity index (χ0v) is 28.6. The Hall–Kier alpha value is -6.12. The average molecular weight is 643 g/mol. The van der Waals surface area contributed by atoms with Crippen LogP contribution in [0.1, 0.15) is 30.5 Å². The third kappa shape index (κ3) is 4.79. The van der Waals surface area contributed by atoms with E-state index < -0.39 is 0 Å². The van der Waals surface area contributed by atoms with Crippen LogP contribution in [0, 0.1) is 6.92 Å². The molecule has 2 nitrogen and oxygen atoms in total. The van der Waals surface area contributed by atoms with Crippen molar-refractivity contribution in [1.29, 1.82) is 0 Å². The van der Waals surface area contributed by atoms with Gasteiger partial charge in [0.25, 0.3) is 0 Å². The lowest BCUT2D eigenvalue weighted by Crippen LogP contribution is -2.18. The predicted octanol–water partition coefficient (Wildman–Crippen LogP) is 13.5. The summed E-state index contributed by atoms with van der Waals surface area (Å²) in [6, 6.07) is 64.2. The summed E-state index contributed by atoms with van der Waals surface area (Å²) < 4.78 is 0. The van der Waals surface area contributed by atoms with E-state index in [1.807, 2.05) is 0 Å². The molecule has 9 rings (SSSR count). The molecule has 1 aliphatic carbocycles. The first kappa shape index (κ1) is 30.0. The maximum atomic E-state index is 2.46. The lowest BCUT2D eigenvalue weighted by atomic mass is 9.81. The van der Waals surface area contributed by atoms with Crippen LogP contribution in [0.4, 0.5) is 34.1 Å². The van der Waals surface area contributed by atoms with Crippen molar-refractivity contribution >= 4 is 55.7 Å². The molecule has 0 fully saturated rings. The molecule has 0 N–H and O–H groups in total. The Morgan fingerprint density at radius 1 is 0.400 bits per heavy atom. The minimum atomic E-state index is -0.240. The molecule has 0 saturated heterocycles. The molecule has 0 aromatic heterocycles. The lowest BCUT2D eigenvalue weighted by molar-refractivity contribution is 0.661. The SMILES string of the molecule is Cc1ccc(N(c2ccc3c(c2)C(C)(C)c2cc(N(c4ccccc4)c4ccccc4)c4ccccc4c2-3)c2cccc3ccccc23)cc1. The molecule has 0 unspecified atom stereocenters. The summed E-state index contributed by atoms with van der Waals surface area (Å²) in [5.74, 6) is 0. The van der Waals surface area contributed by atoms with Crippen molar-refractivity contribution in [2.75, 3.05) is 9.80 Å².